The van der Waals surface area contributed by atoms with Crippen molar-refractivity contribution >= 4 is 5.91 Å². The molecule has 1 amide bonds. The van der Waals surface area contributed by atoms with Gasteiger partial charge in [0.15, 0.2) is 0 Å². The summed E-state index contributed by atoms with van der Waals surface area (Å²) in [6.07, 6.45) is 6.39. The highest BCUT2D eigenvalue weighted by Gasteiger charge is 2.33. The van der Waals surface area contributed by atoms with Crippen LogP contribution in [0.25, 0.3) is 0 Å². The molecule has 19 heavy (non-hydrogen) atoms. The molecule has 1 atom stereocenters. The molecule has 2 fully saturated rings. The van der Waals surface area contributed by atoms with Crippen LogP contribution in [-0.4, -0.2) is 44.9 Å². The molecule has 3 N–H and O–H groups in total. The molecule has 0 aromatic heterocycles. The number of nitrogens with two attached hydrogens (primary N) is 1. The monoisotopic (exact) mass is 270 g/mol. The lowest BCUT2D eigenvalue weighted by molar-refractivity contribution is -0.126. The minimum Gasteiger partial charge on any atom is -0.376 e. The number of carbonyl (C=O) groups is 1. The summed E-state index contributed by atoms with van der Waals surface area (Å²) in [6.45, 7) is 3.00. The molecule has 110 valence electrons. The Hall–Kier alpha value is -0.650. The normalized spacial score (nSPS) is 26.9. The van der Waals surface area contributed by atoms with Crippen LogP contribution in [0.3, 0.4) is 0 Å². The maximum Gasteiger partial charge on any atom is 0.220 e. The lowest BCUT2D eigenvalue weighted by Gasteiger charge is -2.35. The summed E-state index contributed by atoms with van der Waals surface area (Å²) in [6, 6.07) is 0. The molecule has 1 aliphatic carbocycles. The average Bonchev–Trinajstić information content (AvgIpc) is 2.47. The van der Waals surface area contributed by atoms with Crippen molar-refractivity contribution in [3.05, 3.63) is 0 Å². The largest absolute Gasteiger partial charge is 0.376 e. The van der Waals surface area contributed by atoms with Gasteiger partial charge in [-0.1, -0.05) is 19.3 Å². The SMILES string of the molecule is NCC1(CC(=O)NCC2COCCO2)CCCCC1. The van der Waals surface area contributed by atoms with Crippen molar-refractivity contribution in [2.45, 2.75) is 44.6 Å². The molecule has 0 aromatic carbocycles. The van der Waals surface area contributed by atoms with E-state index in [4.69, 9.17) is 15.2 Å². The van der Waals surface area contributed by atoms with E-state index < -0.39 is 0 Å². The van der Waals surface area contributed by atoms with E-state index in [2.05, 4.69) is 5.32 Å². The fraction of sp³-hybridized carbons (Fsp3) is 0.929. The van der Waals surface area contributed by atoms with E-state index in [0.29, 0.717) is 39.3 Å². The minimum atomic E-state index is -0.00196. The number of carbonyl (C=O) groups excluding carboxylic acids is 1. The van der Waals surface area contributed by atoms with E-state index in [0.717, 1.165) is 12.8 Å². The predicted octanol–water partition coefficient (Wildman–Crippen LogP) is 0.817. The molecule has 1 aliphatic heterocycles. The van der Waals surface area contributed by atoms with Crippen LogP contribution in [-0.2, 0) is 14.3 Å². The van der Waals surface area contributed by atoms with Gasteiger partial charge in [0.25, 0.3) is 0 Å². The molecular formula is C14H26N2O3. The van der Waals surface area contributed by atoms with Crippen LogP contribution < -0.4 is 11.1 Å². The van der Waals surface area contributed by atoms with Crippen LogP contribution in [0.15, 0.2) is 0 Å². The Labute approximate surface area is 115 Å². The highest BCUT2D eigenvalue weighted by atomic mass is 16.6. The Kier molecular flexibility index (Phi) is 5.60. The maximum absolute atomic E-state index is 12.1. The number of ether oxygens (including phenoxy) is 2. The molecule has 1 heterocycles. The summed E-state index contributed by atoms with van der Waals surface area (Å²) in [5.41, 5.74) is 5.93. The molecule has 0 spiro atoms. The zero-order chi connectivity index (χ0) is 13.6. The minimum absolute atomic E-state index is 0.00196. The van der Waals surface area contributed by atoms with E-state index in [1.54, 1.807) is 0 Å². The highest BCUT2D eigenvalue weighted by Crippen LogP contribution is 2.38. The average molecular weight is 270 g/mol. The second kappa shape index (κ2) is 7.22. The van der Waals surface area contributed by atoms with E-state index in [1.165, 1.54) is 19.3 Å². The standard InChI is InChI=1S/C14H26N2O3/c15-11-14(4-2-1-3-5-14)8-13(17)16-9-12-10-18-6-7-19-12/h12H,1-11,15H2,(H,16,17). The van der Waals surface area contributed by atoms with Gasteiger partial charge in [0.05, 0.1) is 25.9 Å². The number of rotatable bonds is 5. The molecule has 5 heteroatoms. The fourth-order valence-electron chi connectivity index (χ4n) is 3.04. The van der Waals surface area contributed by atoms with Crippen molar-refractivity contribution in [2.75, 3.05) is 32.9 Å². The van der Waals surface area contributed by atoms with E-state index in [-0.39, 0.29) is 17.4 Å². The fourth-order valence-corrected chi connectivity index (χ4v) is 3.04. The van der Waals surface area contributed by atoms with Crippen molar-refractivity contribution in [1.82, 2.24) is 5.32 Å². The van der Waals surface area contributed by atoms with Gasteiger partial charge in [-0.05, 0) is 24.8 Å². The maximum atomic E-state index is 12.1. The van der Waals surface area contributed by atoms with Gasteiger partial charge < -0.3 is 20.5 Å². The number of nitrogens with one attached hydrogen (secondary N) is 1. The van der Waals surface area contributed by atoms with Gasteiger partial charge >= 0.3 is 0 Å². The first-order valence-electron chi connectivity index (χ1n) is 7.40. The summed E-state index contributed by atoms with van der Waals surface area (Å²) in [4.78, 5) is 12.1. The zero-order valence-corrected chi connectivity index (χ0v) is 11.7. The van der Waals surface area contributed by atoms with Crippen LogP contribution in [0.4, 0.5) is 0 Å². The van der Waals surface area contributed by atoms with Gasteiger partial charge in [-0.3, -0.25) is 4.79 Å². The Bertz CT molecular complexity index is 284. The van der Waals surface area contributed by atoms with Gasteiger partial charge in [-0.25, -0.2) is 0 Å². The van der Waals surface area contributed by atoms with Gasteiger partial charge in [0, 0.05) is 13.0 Å². The van der Waals surface area contributed by atoms with Crippen LogP contribution in [0.1, 0.15) is 38.5 Å². The predicted molar refractivity (Wildman–Crippen MR) is 72.8 cm³/mol. The van der Waals surface area contributed by atoms with Crippen LogP contribution in [0.2, 0.25) is 0 Å². The van der Waals surface area contributed by atoms with Crippen molar-refractivity contribution in [3.8, 4) is 0 Å². The molecule has 1 unspecified atom stereocenters. The van der Waals surface area contributed by atoms with E-state index in [9.17, 15) is 4.79 Å². The lowest BCUT2D eigenvalue weighted by Crippen LogP contribution is -2.43. The van der Waals surface area contributed by atoms with E-state index >= 15 is 0 Å². The Balaban J connectivity index is 1.72. The van der Waals surface area contributed by atoms with Gasteiger partial charge in [0.2, 0.25) is 5.91 Å². The zero-order valence-electron chi connectivity index (χ0n) is 11.7. The molecule has 2 rings (SSSR count). The van der Waals surface area contributed by atoms with Crippen molar-refractivity contribution in [3.63, 3.8) is 0 Å². The summed E-state index contributed by atoms with van der Waals surface area (Å²) >= 11 is 0. The van der Waals surface area contributed by atoms with Crippen LogP contribution in [0, 0.1) is 5.41 Å². The molecular weight excluding hydrogens is 244 g/mol. The summed E-state index contributed by atoms with van der Waals surface area (Å²) < 4.78 is 10.8. The molecule has 0 aromatic rings. The molecule has 0 bridgehead atoms. The van der Waals surface area contributed by atoms with Gasteiger partial charge in [-0.2, -0.15) is 0 Å². The second-order valence-electron chi connectivity index (χ2n) is 5.81. The highest BCUT2D eigenvalue weighted by molar-refractivity contribution is 5.76. The van der Waals surface area contributed by atoms with Crippen LogP contribution >= 0.6 is 0 Å². The molecule has 1 saturated carbocycles. The Morgan fingerprint density at radius 2 is 2.05 bits per heavy atom. The Morgan fingerprint density at radius 1 is 1.26 bits per heavy atom. The first-order chi connectivity index (χ1) is 9.24. The molecule has 5 nitrogen and oxygen atoms in total. The third-order valence-electron chi connectivity index (χ3n) is 4.29. The molecule has 0 radical (unpaired) electrons. The third kappa shape index (κ3) is 4.44. The first kappa shape index (κ1) is 14.8. The topological polar surface area (TPSA) is 73.6 Å². The van der Waals surface area contributed by atoms with E-state index in [1.807, 2.05) is 0 Å². The number of amides is 1. The number of hydrogen-bond acceptors (Lipinski definition) is 4. The van der Waals surface area contributed by atoms with Crippen molar-refractivity contribution in [1.29, 1.82) is 0 Å². The molecule has 1 saturated heterocycles. The number of hydrogen-bond donors (Lipinski definition) is 2. The quantitative estimate of drug-likeness (QED) is 0.775. The Morgan fingerprint density at radius 3 is 2.68 bits per heavy atom. The van der Waals surface area contributed by atoms with Gasteiger partial charge in [-0.15, -0.1) is 0 Å². The summed E-state index contributed by atoms with van der Waals surface area (Å²) in [5, 5.41) is 2.96. The van der Waals surface area contributed by atoms with Crippen molar-refractivity contribution in [2.24, 2.45) is 11.1 Å². The summed E-state index contributed by atoms with van der Waals surface area (Å²) in [7, 11) is 0. The third-order valence-corrected chi connectivity index (χ3v) is 4.29. The lowest BCUT2D eigenvalue weighted by atomic mass is 9.71. The first-order valence-corrected chi connectivity index (χ1v) is 7.40. The van der Waals surface area contributed by atoms with Gasteiger partial charge in [0.1, 0.15) is 0 Å². The summed E-state index contributed by atoms with van der Waals surface area (Å²) in [5.74, 6) is 0.0986. The smallest absolute Gasteiger partial charge is 0.220 e. The molecule has 2 aliphatic rings. The van der Waals surface area contributed by atoms with Crippen LogP contribution in [0.5, 0.6) is 0 Å². The second-order valence-corrected chi connectivity index (χ2v) is 5.81. The van der Waals surface area contributed by atoms with Crippen molar-refractivity contribution < 1.29 is 14.3 Å².